The van der Waals surface area contributed by atoms with Gasteiger partial charge >= 0.3 is 5.69 Å². The molecular weight excluding hydrogens is 280 g/mol. The number of H-pyrrole nitrogens is 1. The van der Waals surface area contributed by atoms with Gasteiger partial charge in [-0.15, -0.1) is 0 Å². The second kappa shape index (κ2) is 7.21. The highest BCUT2D eigenvalue weighted by Crippen LogP contribution is 2.05. The molecule has 0 radical (unpaired) electrons. The first-order chi connectivity index (χ1) is 10.6. The molecule has 0 atom stereocenters. The minimum Gasteiger partial charge on any atom is -0.292 e. The fourth-order valence-corrected chi connectivity index (χ4v) is 1.83. The number of hydrogen-bond donors (Lipinski definition) is 1. The maximum absolute atomic E-state index is 11.6. The maximum atomic E-state index is 11.6. The van der Waals surface area contributed by atoms with Gasteiger partial charge in [-0.2, -0.15) is 5.10 Å². The molecule has 6 nitrogen and oxygen atoms in total. The number of hydrazone groups is 1. The Morgan fingerprint density at radius 1 is 1.27 bits per heavy atom. The summed E-state index contributed by atoms with van der Waals surface area (Å²) in [4.78, 5) is 25.9. The van der Waals surface area contributed by atoms with Gasteiger partial charge in [0, 0.05) is 25.9 Å². The van der Waals surface area contributed by atoms with Crippen LogP contribution in [0.15, 0.2) is 57.2 Å². The molecule has 6 heteroatoms. The molecular formula is C16H18N4O2. The van der Waals surface area contributed by atoms with E-state index in [0.717, 1.165) is 10.1 Å². The lowest BCUT2D eigenvalue weighted by molar-refractivity contribution is 0.756. The van der Waals surface area contributed by atoms with Crippen molar-refractivity contribution in [3.05, 3.63) is 68.9 Å². The highest BCUT2D eigenvalue weighted by atomic mass is 16.2. The topological polar surface area (TPSA) is 70.5 Å². The molecule has 0 unspecified atom stereocenters. The summed E-state index contributed by atoms with van der Waals surface area (Å²) in [5.41, 5.74) is 0.238. The number of aromatic amines is 1. The molecule has 22 heavy (non-hydrogen) atoms. The van der Waals surface area contributed by atoms with Crippen molar-refractivity contribution >= 4 is 18.1 Å². The Hall–Kier alpha value is -2.89. The van der Waals surface area contributed by atoms with Crippen molar-refractivity contribution in [1.82, 2.24) is 9.55 Å². The average molecular weight is 298 g/mol. The molecule has 0 spiro atoms. The van der Waals surface area contributed by atoms with E-state index < -0.39 is 5.69 Å². The van der Waals surface area contributed by atoms with E-state index in [2.05, 4.69) is 10.1 Å². The molecule has 0 fully saturated rings. The van der Waals surface area contributed by atoms with Crippen LogP contribution in [-0.4, -0.2) is 22.3 Å². The van der Waals surface area contributed by atoms with Crippen LogP contribution in [0.4, 0.5) is 5.82 Å². The van der Waals surface area contributed by atoms with E-state index in [-0.39, 0.29) is 5.56 Å². The summed E-state index contributed by atoms with van der Waals surface area (Å²) in [6.07, 6.45) is 5.34. The summed E-state index contributed by atoms with van der Waals surface area (Å²) in [5.74, 6) is 0.375. The molecule has 2 rings (SSSR count). The van der Waals surface area contributed by atoms with E-state index in [4.69, 9.17) is 0 Å². The van der Waals surface area contributed by atoms with Gasteiger partial charge in [0.15, 0.2) is 0 Å². The molecule has 0 saturated carbocycles. The van der Waals surface area contributed by atoms with Crippen LogP contribution in [-0.2, 0) is 7.05 Å². The van der Waals surface area contributed by atoms with Gasteiger partial charge < -0.3 is 0 Å². The van der Waals surface area contributed by atoms with Gasteiger partial charge in [0.05, 0.1) is 0 Å². The number of allylic oxidation sites excluding steroid dienone is 1. The lowest BCUT2D eigenvalue weighted by Gasteiger charge is -2.15. The lowest BCUT2D eigenvalue weighted by atomic mass is 10.2. The number of nitrogens with one attached hydrogen (secondary N) is 1. The van der Waals surface area contributed by atoms with E-state index >= 15 is 0 Å². The van der Waals surface area contributed by atoms with E-state index in [1.807, 2.05) is 43.3 Å². The molecule has 2 aromatic rings. The highest BCUT2D eigenvalue weighted by molar-refractivity contribution is 5.78. The van der Waals surface area contributed by atoms with Crippen LogP contribution in [0.1, 0.15) is 12.5 Å². The lowest BCUT2D eigenvalue weighted by Crippen LogP contribution is -2.34. The Balaban J connectivity index is 2.16. The molecule has 0 aliphatic rings. The molecule has 0 saturated heterocycles. The molecule has 1 N–H and O–H groups in total. The van der Waals surface area contributed by atoms with E-state index in [1.54, 1.807) is 17.3 Å². The summed E-state index contributed by atoms with van der Waals surface area (Å²) in [7, 11) is 1.42. The van der Waals surface area contributed by atoms with Crippen LogP contribution in [0.2, 0.25) is 0 Å². The van der Waals surface area contributed by atoms with Crippen molar-refractivity contribution < 1.29 is 0 Å². The van der Waals surface area contributed by atoms with Crippen molar-refractivity contribution in [2.75, 3.05) is 11.6 Å². The van der Waals surface area contributed by atoms with Gasteiger partial charge in [-0.1, -0.05) is 36.4 Å². The van der Waals surface area contributed by atoms with Crippen molar-refractivity contribution in [1.29, 1.82) is 0 Å². The van der Waals surface area contributed by atoms with Crippen LogP contribution in [0.25, 0.3) is 6.08 Å². The molecule has 0 aliphatic carbocycles. The Labute approximate surface area is 128 Å². The van der Waals surface area contributed by atoms with E-state index in [9.17, 15) is 9.59 Å². The summed E-state index contributed by atoms with van der Waals surface area (Å²) < 4.78 is 1.01. The number of nitrogens with zero attached hydrogens (tertiary/aromatic N) is 3. The fraction of sp³-hybridized carbons (Fsp3) is 0.188. The highest BCUT2D eigenvalue weighted by Gasteiger charge is 2.06. The number of aromatic nitrogens is 2. The van der Waals surface area contributed by atoms with Crippen molar-refractivity contribution in [2.24, 2.45) is 12.1 Å². The maximum Gasteiger partial charge on any atom is 0.329 e. The summed E-state index contributed by atoms with van der Waals surface area (Å²) >= 11 is 0. The Morgan fingerprint density at radius 2 is 2.00 bits per heavy atom. The third-order valence-electron chi connectivity index (χ3n) is 3.09. The molecule has 0 aliphatic heterocycles. The van der Waals surface area contributed by atoms with Crippen LogP contribution >= 0.6 is 0 Å². The smallest absolute Gasteiger partial charge is 0.292 e. The third kappa shape index (κ3) is 3.82. The second-order valence-electron chi connectivity index (χ2n) is 4.61. The summed E-state index contributed by atoms with van der Waals surface area (Å²) in [5, 5.41) is 5.80. The van der Waals surface area contributed by atoms with Gasteiger partial charge in [-0.05, 0) is 18.6 Å². The molecule has 1 aromatic heterocycles. The van der Waals surface area contributed by atoms with Gasteiger partial charge in [0.1, 0.15) is 5.82 Å². The Kier molecular flexibility index (Phi) is 5.08. The average Bonchev–Trinajstić information content (AvgIpc) is 2.53. The van der Waals surface area contributed by atoms with E-state index in [0.29, 0.717) is 12.4 Å². The van der Waals surface area contributed by atoms with Gasteiger partial charge in [-0.3, -0.25) is 14.3 Å². The fourth-order valence-electron chi connectivity index (χ4n) is 1.83. The first-order valence-corrected chi connectivity index (χ1v) is 6.95. The zero-order valence-electron chi connectivity index (χ0n) is 12.6. The van der Waals surface area contributed by atoms with Crippen molar-refractivity contribution in [2.45, 2.75) is 6.92 Å². The standard InChI is InChI=1S/C16H18N4O2/c1-3-20(14-12-15(21)19(2)16(22)18-14)17-11-7-10-13-8-5-4-6-9-13/h4-12H,3H2,1-2H3,(H,18,22). The second-order valence-corrected chi connectivity index (χ2v) is 4.61. The van der Waals surface area contributed by atoms with Gasteiger partial charge in [0.25, 0.3) is 5.56 Å². The first-order valence-electron chi connectivity index (χ1n) is 6.95. The molecule has 1 heterocycles. The van der Waals surface area contributed by atoms with Crippen LogP contribution in [0, 0.1) is 0 Å². The monoisotopic (exact) mass is 298 g/mol. The van der Waals surface area contributed by atoms with Crippen molar-refractivity contribution in [3.63, 3.8) is 0 Å². The Morgan fingerprint density at radius 3 is 2.64 bits per heavy atom. The van der Waals surface area contributed by atoms with Crippen LogP contribution < -0.4 is 16.3 Å². The molecule has 1 aromatic carbocycles. The van der Waals surface area contributed by atoms with Crippen LogP contribution in [0.3, 0.4) is 0 Å². The minimum absolute atomic E-state index is 0.368. The zero-order chi connectivity index (χ0) is 15.9. The van der Waals surface area contributed by atoms with Crippen LogP contribution in [0.5, 0.6) is 0 Å². The van der Waals surface area contributed by atoms with Gasteiger partial charge in [0.2, 0.25) is 0 Å². The molecule has 0 bridgehead atoms. The normalized spacial score (nSPS) is 11.4. The number of hydrogen-bond acceptors (Lipinski definition) is 4. The number of benzene rings is 1. The molecule has 114 valence electrons. The number of rotatable bonds is 5. The predicted molar refractivity (Wildman–Crippen MR) is 89.3 cm³/mol. The van der Waals surface area contributed by atoms with Gasteiger partial charge in [-0.25, -0.2) is 9.80 Å². The zero-order valence-corrected chi connectivity index (χ0v) is 12.6. The SMILES string of the molecule is CCN(N=CC=Cc1ccccc1)c1cc(=O)n(C)c(=O)[nH]1. The summed E-state index contributed by atoms with van der Waals surface area (Å²) in [6.45, 7) is 2.41. The number of anilines is 1. The minimum atomic E-state index is -0.462. The summed E-state index contributed by atoms with van der Waals surface area (Å²) in [6, 6.07) is 11.2. The quantitative estimate of drug-likeness (QED) is 0.673. The molecule has 0 amide bonds. The predicted octanol–water partition coefficient (Wildman–Crippen LogP) is 1.60. The Bertz CT molecular complexity index is 757. The third-order valence-corrected chi connectivity index (χ3v) is 3.09. The van der Waals surface area contributed by atoms with Crippen molar-refractivity contribution in [3.8, 4) is 0 Å². The first kappa shape index (κ1) is 15.5. The largest absolute Gasteiger partial charge is 0.329 e. The van der Waals surface area contributed by atoms with E-state index in [1.165, 1.54) is 13.1 Å².